The number of aryl methyl sites for hydroxylation is 1. The second-order valence-corrected chi connectivity index (χ2v) is 10.5. The first-order chi connectivity index (χ1) is 22.1. The number of alkyl halides is 5. The molecule has 0 aliphatic rings. The molecule has 5 rings (SSSR count). The lowest BCUT2D eigenvalue weighted by Crippen LogP contribution is -2.29. The molecule has 0 amide bonds. The van der Waals surface area contributed by atoms with Gasteiger partial charge >= 0.3 is 12.5 Å². The molecule has 246 valence electrons. The van der Waals surface area contributed by atoms with Crippen LogP contribution in [0.5, 0.6) is 5.75 Å². The molecule has 47 heavy (non-hydrogen) atoms. The SMILES string of the molecule is CCCc1ccc2cc(-c3cc(F)c(COc4cc(F)c(-c5cc(F)c(C(F)(F)OC(F)(F)F)c(F)c5)c(F)c4)c(F)c3)ccc2c1. The third-order valence-electron chi connectivity index (χ3n) is 7.18. The number of ether oxygens (including phenoxy) is 2. The van der Waals surface area contributed by atoms with E-state index in [-0.39, 0.29) is 17.7 Å². The van der Waals surface area contributed by atoms with Crippen molar-refractivity contribution in [3.05, 3.63) is 124 Å². The molecule has 5 aromatic carbocycles. The summed E-state index contributed by atoms with van der Waals surface area (Å²) >= 11 is 0. The van der Waals surface area contributed by atoms with Crippen molar-refractivity contribution in [2.45, 2.75) is 38.8 Å². The van der Waals surface area contributed by atoms with E-state index in [1.807, 2.05) is 24.3 Å². The van der Waals surface area contributed by atoms with Gasteiger partial charge in [0.1, 0.15) is 52.8 Å². The summed E-state index contributed by atoms with van der Waals surface area (Å²) in [6.45, 7) is 1.23. The Bertz CT molecular complexity index is 1900. The van der Waals surface area contributed by atoms with Crippen LogP contribution in [0, 0.1) is 34.9 Å². The summed E-state index contributed by atoms with van der Waals surface area (Å²) in [5.74, 6) is -10.3. The minimum absolute atomic E-state index is 0.0143. The Hall–Kier alpha value is -4.65. The van der Waals surface area contributed by atoms with Crippen LogP contribution in [0.25, 0.3) is 33.0 Å². The van der Waals surface area contributed by atoms with Gasteiger partial charge in [-0.3, -0.25) is 0 Å². The van der Waals surface area contributed by atoms with Crippen LogP contribution in [0.2, 0.25) is 0 Å². The Morgan fingerprint density at radius 1 is 0.574 bits per heavy atom. The molecule has 0 N–H and O–H groups in total. The van der Waals surface area contributed by atoms with Gasteiger partial charge in [0.25, 0.3) is 0 Å². The van der Waals surface area contributed by atoms with E-state index < -0.39 is 82.0 Å². The Labute approximate surface area is 260 Å². The fraction of sp³-hybridized carbons (Fsp3) is 0.176. The van der Waals surface area contributed by atoms with E-state index in [2.05, 4.69) is 11.7 Å². The molecule has 5 aromatic rings. The van der Waals surface area contributed by atoms with Crippen molar-refractivity contribution in [3.63, 3.8) is 0 Å². The molecule has 0 saturated carbocycles. The van der Waals surface area contributed by atoms with E-state index in [1.54, 1.807) is 12.1 Å². The summed E-state index contributed by atoms with van der Waals surface area (Å²) in [6.07, 6.45) is -9.59. The molecule has 0 fully saturated rings. The van der Waals surface area contributed by atoms with Crippen molar-refractivity contribution in [2.75, 3.05) is 0 Å². The maximum Gasteiger partial charge on any atom is 0.527 e. The third kappa shape index (κ3) is 7.35. The lowest BCUT2D eigenvalue weighted by Gasteiger charge is -2.20. The summed E-state index contributed by atoms with van der Waals surface area (Å²) in [5.41, 5.74) is -3.25. The van der Waals surface area contributed by atoms with Crippen LogP contribution in [-0.2, 0) is 23.9 Å². The second-order valence-electron chi connectivity index (χ2n) is 10.5. The maximum atomic E-state index is 15.0. The van der Waals surface area contributed by atoms with Crippen molar-refractivity contribution in [2.24, 2.45) is 0 Å². The van der Waals surface area contributed by atoms with Crippen LogP contribution in [-0.4, -0.2) is 6.36 Å². The topological polar surface area (TPSA) is 18.5 Å². The van der Waals surface area contributed by atoms with Crippen molar-refractivity contribution in [1.29, 1.82) is 0 Å². The monoisotopic (exact) mass is 670 g/mol. The molecule has 13 heteroatoms. The highest BCUT2D eigenvalue weighted by Crippen LogP contribution is 2.41. The summed E-state index contributed by atoms with van der Waals surface area (Å²) < 4.78 is 160. The zero-order chi connectivity index (χ0) is 34.3. The predicted molar refractivity (Wildman–Crippen MR) is 150 cm³/mol. The largest absolute Gasteiger partial charge is 0.527 e. The molecule has 0 aliphatic carbocycles. The molecule has 0 aromatic heterocycles. The standard InChI is InChI=1S/C34H21F11O2/c1-2-3-17-4-5-19-9-20(7-6-18(19)8-17)21-10-25(35)24(26(36)11-21)16-46-23-14-27(37)31(28(38)15-23)22-12-29(39)32(30(40)13-22)33(41,42)47-34(43,44)45/h4-15H,2-3,16H2,1H3. The molecule has 0 bridgehead atoms. The zero-order valence-electron chi connectivity index (χ0n) is 24.0. The minimum atomic E-state index is -5.97. The summed E-state index contributed by atoms with van der Waals surface area (Å²) in [7, 11) is 0. The van der Waals surface area contributed by atoms with Gasteiger partial charge in [-0.1, -0.05) is 43.7 Å². The fourth-order valence-electron chi connectivity index (χ4n) is 5.08. The lowest BCUT2D eigenvalue weighted by molar-refractivity contribution is -0.432. The van der Waals surface area contributed by atoms with E-state index in [4.69, 9.17) is 4.74 Å². The van der Waals surface area contributed by atoms with Gasteiger partial charge in [-0.05, 0) is 69.8 Å². The number of hydrogen-bond donors (Lipinski definition) is 0. The van der Waals surface area contributed by atoms with Gasteiger partial charge in [0.2, 0.25) is 0 Å². The lowest BCUT2D eigenvalue weighted by atomic mass is 9.98. The van der Waals surface area contributed by atoms with Crippen LogP contribution in [0.4, 0.5) is 48.3 Å². The van der Waals surface area contributed by atoms with E-state index in [1.165, 1.54) is 0 Å². The van der Waals surface area contributed by atoms with Crippen LogP contribution in [0.15, 0.2) is 72.8 Å². The number of hydrogen-bond acceptors (Lipinski definition) is 2. The van der Waals surface area contributed by atoms with E-state index in [0.29, 0.717) is 17.7 Å². The first kappa shape index (κ1) is 33.7. The van der Waals surface area contributed by atoms with Gasteiger partial charge in [-0.2, -0.15) is 8.78 Å². The predicted octanol–water partition coefficient (Wildman–Crippen LogP) is 11.1. The first-order valence-electron chi connectivity index (χ1n) is 13.8. The molecule has 2 nitrogen and oxygen atoms in total. The molecular formula is C34H21F11O2. The van der Waals surface area contributed by atoms with Gasteiger partial charge in [0, 0.05) is 12.1 Å². The fourth-order valence-corrected chi connectivity index (χ4v) is 5.08. The summed E-state index contributed by atoms with van der Waals surface area (Å²) in [4.78, 5) is 0. The van der Waals surface area contributed by atoms with E-state index in [0.717, 1.165) is 41.3 Å². The van der Waals surface area contributed by atoms with Crippen molar-refractivity contribution in [1.82, 2.24) is 0 Å². The molecule has 0 radical (unpaired) electrons. The minimum Gasteiger partial charge on any atom is -0.488 e. The van der Waals surface area contributed by atoms with Crippen molar-refractivity contribution >= 4 is 10.8 Å². The highest BCUT2D eigenvalue weighted by atomic mass is 19.4. The van der Waals surface area contributed by atoms with Gasteiger partial charge in [0.15, 0.2) is 0 Å². The average Bonchev–Trinajstić information content (AvgIpc) is 2.94. The highest BCUT2D eigenvalue weighted by Gasteiger charge is 2.49. The number of halogens is 11. The molecule has 0 aliphatic heterocycles. The first-order valence-corrected chi connectivity index (χ1v) is 13.8. The maximum absolute atomic E-state index is 15.0. The average molecular weight is 671 g/mol. The number of fused-ring (bicyclic) bond motifs is 1. The summed E-state index contributed by atoms with van der Waals surface area (Å²) in [6, 6.07) is 14.3. The molecule has 0 unspecified atom stereocenters. The van der Waals surface area contributed by atoms with Crippen LogP contribution >= 0.6 is 0 Å². The number of rotatable bonds is 9. The van der Waals surface area contributed by atoms with Gasteiger partial charge < -0.3 is 4.74 Å². The van der Waals surface area contributed by atoms with Gasteiger partial charge in [-0.25, -0.2) is 31.1 Å². The third-order valence-corrected chi connectivity index (χ3v) is 7.18. The van der Waals surface area contributed by atoms with Crippen molar-refractivity contribution < 1.29 is 57.8 Å². The molecule has 0 heterocycles. The Morgan fingerprint density at radius 3 is 1.70 bits per heavy atom. The second kappa shape index (κ2) is 12.9. The normalized spacial score (nSPS) is 12.2. The quantitative estimate of drug-likeness (QED) is 0.145. The van der Waals surface area contributed by atoms with Gasteiger partial charge in [0.05, 0.1) is 11.1 Å². The van der Waals surface area contributed by atoms with Crippen LogP contribution in [0.3, 0.4) is 0 Å². The highest BCUT2D eigenvalue weighted by molar-refractivity contribution is 5.88. The Balaban J connectivity index is 1.36. The van der Waals surface area contributed by atoms with E-state index >= 15 is 8.78 Å². The van der Waals surface area contributed by atoms with Crippen LogP contribution < -0.4 is 4.74 Å². The number of benzene rings is 5. The van der Waals surface area contributed by atoms with Crippen molar-refractivity contribution in [3.8, 4) is 28.0 Å². The Kier molecular flexibility index (Phi) is 9.22. The molecule has 0 spiro atoms. The summed E-state index contributed by atoms with van der Waals surface area (Å²) in [5, 5.41) is 1.82. The molecule has 0 atom stereocenters. The van der Waals surface area contributed by atoms with Crippen LogP contribution in [0.1, 0.15) is 30.0 Å². The van der Waals surface area contributed by atoms with E-state index in [9.17, 15) is 39.5 Å². The molecular weight excluding hydrogens is 649 g/mol. The zero-order valence-corrected chi connectivity index (χ0v) is 24.0. The Morgan fingerprint density at radius 2 is 1.13 bits per heavy atom. The van der Waals surface area contributed by atoms with Gasteiger partial charge in [-0.15, -0.1) is 13.2 Å². The smallest absolute Gasteiger partial charge is 0.488 e. The molecule has 0 saturated heterocycles.